The zero-order valence-corrected chi connectivity index (χ0v) is 16.9. The van der Waals surface area contributed by atoms with Crippen LogP contribution in [0.5, 0.6) is 5.75 Å². The Morgan fingerprint density at radius 3 is 2.61 bits per heavy atom. The SMILES string of the molecule is CC(C=CC1=C(C)C(=O)[C@@H](OC(=O)COc2ccccc2)CC1(C)C)=CCO. The van der Waals surface area contributed by atoms with Gasteiger partial charge in [-0.2, -0.15) is 0 Å². The van der Waals surface area contributed by atoms with Crippen LogP contribution in [0.4, 0.5) is 0 Å². The molecule has 0 amide bonds. The molecule has 1 aromatic carbocycles. The first-order chi connectivity index (χ1) is 13.2. The van der Waals surface area contributed by atoms with Gasteiger partial charge in [0.2, 0.25) is 0 Å². The first-order valence-electron chi connectivity index (χ1n) is 9.33. The molecule has 0 radical (unpaired) electrons. The van der Waals surface area contributed by atoms with Crippen molar-refractivity contribution in [3.05, 3.63) is 65.3 Å². The molecule has 150 valence electrons. The number of benzene rings is 1. The van der Waals surface area contributed by atoms with Crippen molar-refractivity contribution >= 4 is 11.8 Å². The lowest BCUT2D eigenvalue weighted by molar-refractivity contribution is -0.158. The lowest BCUT2D eigenvalue weighted by Crippen LogP contribution is -2.39. The third kappa shape index (κ3) is 5.67. The molecule has 0 aromatic heterocycles. The Kier molecular flexibility index (Phi) is 7.35. The maximum Gasteiger partial charge on any atom is 0.344 e. The van der Waals surface area contributed by atoms with Crippen LogP contribution in [0.1, 0.15) is 34.1 Å². The van der Waals surface area contributed by atoms with Gasteiger partial charge in [-0.05, 0) is 42.5 Å². The highest BCUT2D eigenvalue weighted by molar-refractivity contribution is 6.01. The van der Waals surface area contributed by atoms with Crippen molar-refractivity contribution in [3.8, 4) is 5.75 Å². The molecule has 0 heterocycles. The summed E-state index contributed by atoms with van der Waals surface area (Å²) in [5.41, 5.74) is 2.08. The Bertz CT molecular complexity index is 800. The number of allylic oxidation sites excluding steroid dienone is 4. The minimum Gasteiger partial charge on any atom is -0.482 e. The van der Waals surface area contributed by atoms with E-state index in [9.17, 15) is 9.59 Å². The third-order valence-corrected chi connectivity index (χ3v) is 4.79. The molecule has 2 rings (SSSR count). The topological polar surface area (TPSA) is 72.8 Å². The predicted octanol–water partition coefficient (Wildman–Crippen LogP) is 3.79. The number of aliphatic hydroxyl groups excluding tert-OH is 1. The van der Waals surface area contributed by atoms with Gasteiger partial charge >= 0.3 is 5.97 Å². The van der Waals surface area contributed by atoms with Gasteiger partial charge in [0.25, 0.3) is 0 Å². The molecule has 1 N–H and O–H groups in total. The molecule has 0 saturated carbocycles. The van der Waals surface area contributed by atoms with Crippen LogP contribution in [0.2, 0.25) is 0 Å². The van der Waals surface area contributed by atoms with E-state index < -0.39 is 12.1 Å². The molecule has 28 heavy (non-hydrogen) atoms. The Morgan fingerprint density at radius 2 is 1.96 bits per heavy atom. The standard InChI is InChI=1S/C23H28O5/c1-16(12-13-24)10-11-19-17(2)22(26)20(14-23(19,3)4)28-21(25)15-27-18-8-6-5-7-9-18/h5-12,20,24H,13-15H2,1-4H3/t20-/m0/s1. The van der Waals surface area contributed by atoms with Gasteiger partial charge in [0.05, 0.1) is 6.61 Å². The van der Waals surface area contributed by atoms with Crippen molar-refractivity contribution in [2.45, 2.75) is 40.2 Å². The fourth-order valence-electron chi connectivity index (χ4n) is 3.27. The molecule has 5 heteroatoms. The van der Waals surface area contributed by atoms with Crippen LogP contribution >= 0.6 is 0 Å². The highest BCUT2D eigenvalue weighted by Crippen LogP contribution is 2.40. The highest BCUT2D eigenvalue weighted by Gasteiger charge is 2.39. The average molecular weight is 384 g/mol. The second kappa shape index (κ2) is 9.51. The minimum atomic E-state index is -0.812. The average Bonchev–Trinajstić information content (AvgIpc) is 2.65. The van der Waals surface area contributed by atoms with E-state index in [-0.39, 0.29) is 24.4 Å². The lowest BCUT2D eigenvalue weighted by atomic mass is 9.71. The normalized spacial score (nSPS) is 19.8. The van der Waals surface area contributed by atoms with E-state index in [1.807, 2.05) is 51.1 Å². The number of rotatable bonds is 7. The molecule has 0 bridgehead atoms. The second-order valence-electron chi connectivity index (χ2n) is 7.54. The Balaban J connectivity index is 2.07. The summed E-state index contributed by atoms with van der Waals surface area (Å²) in [6.45, 7) is 7.42. The molecule has 1 aromatic rings. The number of ketones is 1. The summed E-state index contributed by atoms with van der Waals surface area (Å²) in [4.78, 5) is 24.9. The molecule has 0 spiro atoms. The Morgan fingerprint density at radius 1 is 1.29 bits per heavy atom. The van der Waals surface area contributed by atoms with Crippen molar-refractivity contribution in [2.75, 3.05) is 13.2 Å². The van der Waals surface area contributed by atoms with Gasteiger partial charge in [-0.25, -0.2) is 4.79 Å². The monoisotopic (exact) mass is 384 g/mol. The van der Waals surface area contributed by atoms with Gasteiger partial charge in [-0.1, -0.05) is 55.8 Å². The summed E-state index contributed by atoms with van der Waals surface area (Å²) in [6, 6.07) is 8.99. The van der Waals surface area contributed by atoms with Crippen LogP contribution in [-0.4, -0.2) is 36.2 Å². The van der Waals surface area contributed by atoms with Crippen LogP contribution in [-0.2, 0) is 14.3 Å². The summed E-state index contributed by atoms with van der Waals surface area (Å²) in [7, 11) is 0. The van der Waals surface area contributed by atoms with Gasteiger partial charge in [-0.15, -0.1) is 0 Å². The molecule has 1 aliphatic carbocycles. The summed E-state index contributed by atoms with van der Waals surface area (Å²) in [5.74, 6) is -0.174. The molecule has 1 atom stereocenters. The van der Waals surface area contributed by atoms with Crippen LogP contribution in [0, 0.1) is 5.41 Å². The first-order valence-corrected chi connectivity index (χ1v) is 9.33. The van der Waals surface area contributed by atoms with Crippen molar-refractivity contribution in [2.24, 2.45) is 5.41 Å². The number of esters is 1. The molecule has 0 unspecified atom stereocenters. The zero-order chi connectivity index (χ0) is 20.7. The predicted molar refractivity (Wildman–Crippen MR) is 108 cm³/mol. The van der Waals surface area contributed by atoms with Crippen molar-refractivity contribution in [1.29, 1.82) is 0 Å². The maximum atomic E-state index is 12.7. The smallest absolute Gasteiger partial charge is 0.344 e. The maximum absolute atomic E-state index is 12.7. The second-order valence-corrected chi connectivity index (χ2v) is 7.54. The molecule has 1 aliphatic rings. The van der Waals surface area contributed by atoms with Gasteiger partial charge in [0.15, 0.2) is 18.5 Å². The number of aliphatic hydroxyl groups is 1. The fraction of sp³-hybridized carbons (Fsp3) is 0.391. The summed E-state index contributed by atoms with van der Waals surface area (Å²) >= 11 is 0. The van der Waals surface area contributed by atoms with E-state index in [2.05, 4.69) is 0 Å². The molecule has 0 saturated heterocycles. The van der Waals surface area contributed by atoms with Crippen LogP contribution < -0.4 is 4.74 Å². The van der Waals surface area contributed by atoms with Gasteiger partial charge in [0, 0.05) is 6.42 Å². The first kappa shape index (κ1) is 21.6. The largest absolute Gasteiger partial charge is 0.482 e. The van der Waals surface area contributed by atoms with Gasteiger partial charge < -0.3 is 14.6 Å². The number of ether oxygens (including phenoxy) is 2. The van der Waals surface area contributed by atoms with Crippen LogP contribution in [0.25, 0.3) is 0 Å². The molecule has 0 fully saturated rings. The number of carbonyl (C=O) groups excluding carboxylic acids is 2. The Hall–Kier alpha value is -2.66. The minimum absolute atomic E-state index is 0.0282. The quantitative estimate of drug-likeness (QED) is 0.572. The van der Waals surface area contributed by atoms with E-state index in [4.69, 9.17) is 14.6 Å². The summed E-state index contributed by atoms with van der Waals surface area (Å²) < 4.78 is 10.8. The van der Waals surface area contributed by atoms with Crippen molar-refractivity contribution < 1.29 is 24.2 Å². The number of para-hydroxylation sites is 1. The third-order valence-electron chi connectivity index (χ3n) is 4.79. The number of carbonyl (C=O) groups is 2. The number of hydrogen-bond acceptors (Lipinski definition) is 5. The van der Waals surface area contributed by atoms with E-state index in [1.54, 1.807) is 25.1 Å². The molecular weight excluding hydrogens is 356 g/mol. The van der Waals surface area contributed by atoms with Crippen molar-refractivity contribution in [1.82, 2.24) is 0 Å². The lowest BCUT2D eigenvalue weighted by Gasteiger charge is -2.36. The molecule has 5 nitrogen and oxygen atoms in total. The Labute approximate surface area is 166 Å². The van der Waals surface area contributed by atoms with Crippen LogP contribution in [0.3, 0.4) is 0 Å². The fourth-order valence-corrected chi connectivity index (χ4v) is 3.27. The molecular formula is C23H28O5. The van der Waals surface area contributed by atoms with E-state index in [0.29, 0.717) is 17.7 Å². The summed E-state index contributed by atoms with van der Waals surface area (Å²) in [5, 5.41) is 8.97. The van der Waals surface area contributed by atoms with Crippen LogP contribution in [0.15, 0.2) is 65.3 Å². The highest BCUT2D eigenvalue weighted by atomic mass is 16.6. The van der Waals surface area contributed by atoms with Gasteiger partial charge in [-0.3, -0.25) is 4.79 Å². The van der Waals surface area contributed by atoms with E-state index >= 15 is 0 Å². The van der Waals surface area contributed by atoms with Gasteiger partial charge in [0.1, 0.15) is 5.75 Å². The summed E-state index contributed by atoms with van der Waals surface area (Å²) in [6.07, 6.45) is 5.08. The van der Waals surface area contributed by atoms with Crippen molar-refractivity contribution in [3.63, 3.8) is 0 Å². The number of hydrogen-bond donors (Lipinski definition) is 1. The molecule has 0 aliphatic heterocycles. The van der Waals surface area contributed by atoms with E-state index in [1.165, 1.54) is 0 Å². The van der Waals surface area contributed by atoms with E-state index in [0.717, 1.165) is 11.1 Å². The number of Topliss-reactive ketones (excluding diaryl/α,β-unsaturated/α-hetero) is 1. The zero-order valence-electron chi connectivity index (χ0n) is 16.9.